The Morgan fingerprint density at radius 1 is 1.15 bits per heavy atom. The monoisotopic (exact) mass is 351 g/mol. The molecule has 1 saturated heterocycles. The molecule has 3 aromatic rings. The summed E-state index contributed by atoms with van der Waals surface area (Å²) < 4.78 is 9.65. The Labute approximate surface area is 153 Å². The van der Waals surface area contributed by atoms with Crippen molar-refractivity contribution in [1.29, 1.82) is 0 Å². The van der Waals surface area contributed by atoms with Gasteiger partial charge in [0.05, 0.1) is 25.0 Å². The SMILES string of the molecule is CCn1cc(-c2ccc(-c3cn(CC4CCCCO4)nn3)c(C)c2)cn1. The van der Waals surface area contributed by atoms with E-state index in [-0.39, 0.29) is 6.10 Å². The van der Waals surface area contributed by atoms with E-state index in [0.29, 0.717) is 0 Å². The fourth-order valence-electron chi connectivity index (χ4n) is 3.49. The second kappa shape index (κ2) is 7.41. The Morgan fingerprint density at radius 2 is 2.08 bits per heavy atom. The molecular weight excluding hydrogens is 326 g/mol. The van der Waals surface area contributed by atoms with Crippen LogP contribution in [0.5, 0.6) is 0 Å². The molecule has 0 saturated carbocycles. The highest BCUT2D eigenvalue weighted by Crippen LogP contribution is 2.27. The Balaban J connectivity index is 1.52. The van der Waals surface area contributed by atoms with Crippen LogP contribution in [0, 0.1) is 6.92 Å². The van der Waals surface area contributed by atoms with Gasteiger partial charge in [0.15, 0.2) is 0 Å². The molecule has 0 spiro atoms. The molecule has 1 atom stereocenters. The van der Waals surface area contributed by atoms with E-state index in [1.165, 1.54) is 24.0 Å². The lowest BCUT2D eigenvalue weighted by atomic mass is 10.0. The van der Waals surface area contributed by atoms with Crippen molar-refractivity contribution in [2.75, 3.05) is 6.61 Å². The van der Waals surface area contributed by atoms with Gasteiger partial charge < -0.3 is 4.74 Å². The largest absolute Gasteiger partial charge is 0.376 e. The Bertz CT molecular complexity index is 876. The van der Waals surface area contributed by atoms with Crippen LogP contribution < -0.4 is 0 Å². The molecule has 1 fully saturated rings. The van der Waals surface area contributed by atoms with Gasteiger partial charge in [-0.25, -0.2) is 4.68 Å². The second-order valence-corrected chi connectivity index (χ2v) is 6.93. The molecule has 0 N–H and O–H groups in total. The molecule has 26 heavy (non-hydrogen) atoms. The van der Waals surface area contributed by atoms with Gasteiger partial charge in [-0.3, -0.25) is 4.68 Å². The maximum Gasteiger partial charge on any atom is 0.113 e. The van der Waals surface area contributed by atoms with E-state index in [0.717, 1.165) is 42.9 Å². The van der Waals surface area contributed by atoms with Crippen molar-refractivity contribution in [3.63, 3.8) is 0 Å². The van der Waals surface area contributed by atoms with E-state index < -0.39 is 0 Å². The maximum absolute atomic E-state index is 5.80. The topological polar surface area (TPSA) is 57.8 Å². The number of benzene rings is 1. The van der Waals surface area contributed by atoms with Gasteiger partial charge in [-0.15, -0.1) is 5.10 Å². The van der Waals surface area contributed by atoms with Crippen LogP contribution in [0.1, 0.15) is 31.7 Å². The van der Waals surface area contributed by atoms with E-state index in [9.17, 15) is 0 Å². The molecule has 2 aromatic heterocycles. The van der Waals surface area contributed by atoms with Crippen molar-refractivity contribution in [3.05, 3.63) is 42.4 Å². The van der Waals surface area contributed by atoms with E-state index in [1.807, 2.05) is 21.8 Å². The Morgan fingerprint density at radius 3 is 2.81 bits per heavy atom. The number of hydrogen-bond donors (Lipinski definition) is 0. The molecule has 0 aliphatic carbocycles. The number of rotatable bonds is 5. The Hall–Kier alpha value is -2.47. The van der Waals surface area contributed by atoms with Crippen molar-refractivity contribution < 1.29 is 4.74 Å². The average Bonchev–Trinajstić information content (AvgIpc) is 3.32. The summed E-state index contributed by atoms with van der Waals surface area (Å²) in [5.41, 5.74) is 5.53. The summed E-state index contributed by atoms with van der Waals surface area (Å²) in [7, 11) is 0. The van der Waals surface area contributed by atoms with Gasteiger partial charge in [-0.1, -0.05) is 23.4 Å². The zero-order chi connectivity index (χ0) is 17.9. The second-order valence-electron chi connectivity index (χ2n) is 6.93. The quantitative estimate of drug-likeness (QED) is 0.703. The van der Waals surface area contributed by atoms with Gasteiger partial charge in [0.1, 0.15) is 5.69 Å². The van der Waals surface area contributed by atoms with Crippen LogP contribution in [-0.4, -0.2) is 37.5 Å². The van der Waals surface area contributed by atoms with Gasteiger partial charge in [-0.05, 0) is 44.2 Å². The third kappa shape index (κ3) is 3.55. The normalized spacial score (nSPS) is 17.5. The predicted molar refractivity (Wildman–Crippen MR) is 101 cm³/mol. The molecule has 4 rings (SSSR count). The van der Waals surface area contributed by atoms with E-state index in [1.54, 1.807) is 0 Å². The lowest BCUT2D eigenvalue weighted by Gasteiger charge is -2.21. The van der Waals surface area contributed by atoms with Gasteiger partial charge in [0.2, 0.25) is 0 Å². The lowest BCUT2D eigenvalue weighted by molar-refractivity contribution is 0.00370. The molecular formula is C20H25N5O. The van der Waals surface area contributed by atoms with Crippen LogP contribution in [-0.2, 0) is 17.8 Å². The van der Waals surface area contributed by atoms with Crippen molar-refractivity contribution in [3.8, 4) is 22.4 Å². The standard InChI is InChI=1S/C20H25N5O/c1-3-24-12-17(11-21-24)16-7-8-19(15(2)10-16)20-14-25(23-22-20)13-18-6-4-5-9-26-18/h7-8,10-12,14,18H,3-6,9,13H2,1-2H3. The van der Waals surface area contributed by atoms with Gasteiger partial charge in [-0.2, -0.15) is 5.10 Å². The molecule has 3 heterocycles. The molecule has 0 radical (unpaired) electrons. The minimum atomic E-state index is 0.261. The molecule has 0 bridgehead atoms. The summed E-state index contributed by atoms with van der Waals surface area (Å²) in [4.78, 5) is 0. The first-order chi connectivity index (χ1) is 12.7. The number of aromatic nitrogens is 5. The first-order valence-electron chi connectivity index (χ1n) is 9.38. The number of nitrogens with zero attached hydrogens (tertiary/aromatic N) is 5. The molecule has 1 unspecified atom stereocenters. The summed E-state index contributed by atoms with van der Waals surface area (Å²) in [6, 6.07) is 6.44. The minimum Gasteiger partial charge on any atom is -0.376 e. The third-order valence-corrected chi connectivity index (χ3v) is 5.00. The van der Waals surface area contributed by atoms with Crippen LogP contribution in [0.3, 0.4) is 0 Å². The van der Waals surface area contributed by atoms with Crippen LogP contribution in [0.2, 0.25) is 0 Å². The number of ether oxygens (including phenoxy) is 1. The van der Waals surface area contributed by atoms with E-state index in [2.05, 4.69) is 53.7 Å². The van der Waals surface area contributed by atoms with Crippen LogP contribution in [0.25, 0.3) is 22.4 Å². The van der Waals surface area contributed by atoms with Crippen molar-refractivity contribution >= 4 is 0 Å². The molecule has 0 amide bonds. The summed E-state index contributed by atoms with van der Waals surface area (Å²) in [6.07, 6.45) is 9.79. The maximum atomic E-state index is 5.80. The first kappa shape index (κ1) is 17.0. The summed E-state index contributed by atoms with van der Waals surface area (Å²) in [5, 5.41) is 13.0. The number of hydrogen-bond acceptors (Lipinski definition) is 4. The van der Waals surface area contributed by atoms with Crippen molar-refractivity contribution in [2.45, 2.75) is 52.3 Å². The van der Waals surface area contributed by atoms with Crippen LogP contribution in [0.4, 0.5) is 0 Å². The number of aryl methyl sites for hydroxylation is 2. The van der Waals surface area contributed by atoms with Crippen molar-refractivity contribution in [2.24, 2.45) is 0 Å². The molecule has 1 aromatic carbocycles. The lowest BCUT2D eigenvalue weighted by Crippen LogP contribution is -2.24. The highest BCUT2D eigenvalue weighted by molar-refractivity contribution is 5.70. The van der Waals surface area contributed by atoms with Crippen LogP contribution >= 0.6 is 0 Å². The fourth-order valence-corrected chi connectivity index (χ4v) is 3.49. The zero-order valence-corrected chi connectivity index (χ0v) is 15.4. The molecule has 6 heteroatoms. The van der Waals surface area contributed by atoms with Gasteiger partial charge in [0, 0.05) is 30.5 Å². The smallest absolute Gasteiger partial charge is 0.113 e. The van der Waals surface area contributed by atoms with Gasteiger partial charge in [0.25, 0.3) is 0 Å². The Kier molecular flexibility index (Phi) is 4.84. The average molecular weight is 351 g/mol. The molecule has 1 aliphatic rings. The van der Waals surface area contributed by atoms with Gasteiger partial charge >= 0.3 is 0 Å². The summed E-state index contributed by atoms with van der Waals surface area (Å²) >= 11 is 0. The van der Waals surface area contributed by atoms with E-state index >= 15 is 0 Å². The van der Waals surface area contributed by atoms with E-state index in [4.69, 9.17) is 4.74 Å². The van der Waals surface area contributed by atoms with Crippen LogP contribution in [0.15, 0.2) is 36.8 Å². The third-order valence-electron chi connectivity index (χ3n) is 5.00. The summed E-state index contributed by atoms with van der Waals surface area (Å²) in [5.74, 6) is 0. The van der Waals surface area contributed by atoms with Crippen molar-refractivity contribution in [1.82, 2.24) is 24.8 Å². The summed E-state index contributed by atoms with van der Waals surface area (Å²) in [6.45, 7) is 6.73. The molecule has 1 aliphatic heterocycles. The molecule has 6 nitrogen and oxygen atoms in total. The highest BCUT2D eigenvalue weighted by atomic mass is 16.5. The predicted octanol–water partition coefficient (Wildman–Crippen LogP) is 3.71. The fraction of sp³-hybridized carbons (Fsp3) is 0.450. The minimum absolute atomic E-state index is 0.261. The first-order valence-corrected chi connectivity index (χ1v) is 9.38. The molecule has 136 valence electrons. The highest BCUT2D eigenvalue weighted by Gasteiger charge is 2.16. The zero-order valence-electron chi connectivity index (χ0n) is 15.4.